The predicted octanol–water partition coefficient (Wildman–Crippen LogP) is 4.77. The first kappa shape index (κ1) is 22.4. The number of rotatable bonds is 8. The molecule has 4 aromatic rings. The molecule has 33 heavy (non-hydrogen) atoms. The van der Waals surface area contributed by atoms with E-state index in [1.165, 1.54) is 11.8 Å². The highest BCUT2D eigenvalue weighted by molar-refractivity contribution is 7.99. The lowest BCUT2D eigenvalue weighted by Crippen LogP contribution is -2.18. The fourth-order valence-electron chi connectivity index (χ4n) is 3.37. The van der Waals surface area contributed by atoms with Crippen molar-refractivity contribution < 1.29 is 9.59 Å². The van der Waals surface area contributed by atoms with Crippen molar-refractivity contribution in [3.05, 3.63) is 102 Å². The largest absolute Gasteiger partial charge is 0.355 e. The first-order chi connectivity index (χ1) is 16.1. The zero-order valence-electron chi connectivity index (χ0n) is 18.2. The monoisotopic (exact) mass is 456 g/mol. The van der Waals surface area contributed by atoms with Crippen LogP contribution in [0.3, 0.4) is 0 Å². The van der Waals surface area contributed by atoms with Crippen molar-refractivity contribution in [2.75, 3.05) is 18.1 Å². The van der Waals surface area contributed by atoms with Gasteiger partial charge in [0.1, 0.15) is 0 Å². The number of carbonyl (C=O) groups excluding carboxylic acids is 2. The second-order valence-electron chi connectivity index (χ2n) is 7.35. The van der Waals surface area contributed by atoms with Crippen molar-refractivity contribution in [1.29, 1.82) is 0 Å². The molecule has 0 saturated heterocycles. The van der Waals surface area contributed by atoms with Crippen molar-refractivity contribution in [1.82, 2.24) is 15.1 Å². The topological polar surface area (TPSA) is 76.0 Å². The summed E-state index contributed by atoms with van der Waals surface area (Å²) < 4.78 is 1.88. The number of nitrogens with zero attached hydrogens (tertiary/aromatic N) is 2. The highest BCUT2D eigenvalue weighted by Gasteiger charge is 2.13. The van der Waals surface area contributed by atoms with Crippen molar-refractivity contribution >= 4 is 29.3 Å². The quantitative estimate of drug-likeness (QED) is 0.400. The molecule has 0 aliphatic rings. The Bertz CT molecular complexity index is 1220. The molecule has 166 valence electrons. The van der Waals surface area contributed by atoms with E-state index in [0.29, 0.717) is 22.8 Å². The molecule has 0 saturated carbocycles. The Morgan fingerprint density at radius 1 is 0.909 bits per heavy atom. The third kappa shape index (κ3) is 5.70. The molecule has 0 radical (unpaired) electrons. The number of benzene rings is 3. The lowest BCUT2D eigenvalue weighted by Gasteiger charge is -2.06. The molecule has 0 aliphatic heterocycles. The summed E-state index contributed by atoms with van der Waals surface area (Å²) in [5, 5.41) is 10.3. The number of aromatic nitrogens is 2. The minimum Gasteiger partial charge on any atom is -0.355 e. The van der Waals surface area contributed by atoms with Crippen LogP contribution in [-0.2, 0) is 10.5 Å². The van der Waals surface area contributed by atoms with Gasteiger partial charge in [-0.3, -0.25) is 9.59 Å². The Labute approximate surface area is 197 Å². The van der Waals surface area contributed by atoms with E-state index >= 15 is 0 Å². The zero-order valence-corrected chi connectivity index (χ0v) is 19.0. The molecule has 0 spiro atoms. The van der Waals surface area contributed by atoms with Crippen LogP contribution in [0.2, 0.25) is 0 Å². The molecule has 6 nitrogen and oxygen atoms in total. The number of hydrogen-bond donors (Lipinski definition) is 2. The minimum atomic E-state index is -0.159. The number of carbonyl (C=O) groups is 2. The Hall–Kier alpha value is -3.84. The van der Waals surface area contributed by atoms with Gasteiger partial charge in [-0.15, -0.1) is 11.8 Å². The molecular weight excluding hydrogens is 432 g/mol. The van der Waals surface area contributed by atoms with Gasteiger partial charge in [0.05, 0.1) is 17.1 Å². The molecule has 0 aliphatic carbocycles. The molecule has 0 fully saturated rings. The standard InChI is InChI=1S/C26H24N4O2S/c1-27-26(32)20-12-14-22(15-13-20)28-24(31)18-33-17-21-16-30(23-10-6-3-7-11-23)29-25(21)19-8-4-2-5-9-19/h2-16H,17-18H2,1H3,(H,27,32)(H,28,31). The number of anilines is 1. The lowest BCUT2D eigenvalue weighted by atomic mass is 10.1. The number of hydrogen-bond acceptors (Lipinski definition) is 4. The molecule has 2 amide bonds. The summed E-state index contributed by atoms with van der Waals surface area (Å²) >= 11 is 1.53. The Morgan fingerprint density at radius 2 is 1.58 bits per heavy atom. The summed E-state index contributed by atoms with van der Waals surface area (Å²) in [5.74, 6) is 0.709. The van der Waals surface area contributed by atoms with E-state index in [0.717, 1.165) is 22.5 Å². The maximum absolute atomic E-state index is 12.4. The van der Waals surface area contributed by atoms with Crippen molar-refractivity contribution in [3.63, 3.8) is 0 Å². The van der Waals surface area contributed by atoms with Crippen LogP contribution in [0.15, 0.2) is 91.1 Å². The van der Waals surface area contributed by atoms with Gasteiger partial charge in [-0.05, 0) is 36.4 Å². The van der Waals surface area contributed by atoms with E-state index < -0.39 is 0 Å². The van der Waals surface area contributed by atoms with Crippen molar-refractivity contribution in [3.8, 4) is 16.9 Å². The zero-order chi connectivity index (χ0) is 23.0. The van der Waals surface area contributed by atoms with Gasteiger partial charge in [-0.1, -0.05) is 48.5 Å². The summed E-state index contributed by atoms with van der Waals surface area (Å²) in [7, 11) is 1.59. The van der Waals surface area contributed by atoms with Crippen molar-refractivity contribution in [2.24, 2.45) is 0 Å². The number of thioether (sulfide) groups is 1. The van der Waals surface area contributed by atoms with E-state index in [2.05, 4.69) is 10.6 Å². The smallest absolute Gasteiger partial charge is 0.251 e. The number of nitrogens with one attached hydrogen (secondary N) is 2. The molecular formula is C26H24N4O2S. The second kappa shape index (κ2) is 10.7. The third-order valence-corrected chi connectivity index (χ3v) is 5.99. The highest BCUT2D eigenvalue weighted by atomic mass is 32.2. The fourth-order valence-corrected chi connectivity index (χ4v) is 4.16. The third-order valence-electron chi connectivity index (χ3n) is 5.01. The van der Waals surface area contributed by atoms with Gasteiger partial charge in [0.15, 0.2) is 0 Å². The fraction of sp³-hybridized carbons (Fsp3) is 0.115. The van der Waals surface area contributed by atoms with E-state index in [9.17, 15) is 9.59 Å². The molecule has 0 unspecified atom stereocenters. The SMILES string of the molecule is CNC(=O)c1ccc(NC(=O)CSCc2cn(-c3ccccc3)nc2-c2ccccc2)cc1. The van der Waals surface area contributed by atoms with E-state index in [4.69, 9.17) is 5.10 Å². The van der Waals surface area contributed by atoms with Crippen LogP contribution in [0.5, 0.6) is 0 Å². The van der Waals surface area contributed by atoms with Crippen LogP contribution < -0.4 is 10.6 Å². The van der Waals surface area contributed by atoms with Gasteiger partial charge in [-0.25, -0.2) is 4.68 Å². The Morgan fingerprint density at radius 3 is 2.24 bits per heavy atom. The summed E-state index contributed by atoms with van der Waals surface area (Å²) in [5.41, 5.74) is 5.23. The molecule has 3 aromatic carbocycles. The summed E-state index contributed by atoms with van der Waals surface area (Å²) in [6.07, 6.45) is 2.03. The normalized spacial score (nSPS) is 10.6. The minimum absolute atomic E-state index is 0.0931. The Kier molecular flexibility index (Phi) is 7.22. The number of para-hydroxylation sites is 1. The lowest BCUT2D eigenvalue weighted by molar-refractivity contribution is -0.113. The molecule has 1 aromatic heterocycles. The summed E-state index contributed by atoms with van der Waals surface area (Å²) in [4.78, 5) is 24.1. The van der Waals surface area contributed by atoms with Crippen LogP contribution in [-0.4, -0.2) is 34.4 Å². The molecule has 0 bridgehead atoms. The van der Waals surface area contributed by atoms with E-state index in [-0.39, 0.29) is 11.8 Å². The van der Waals surface area contributed by atoms with Gasteiger partial charge in [0.25, 0.3) is 5.91 Å². The first-order valence-electron chi connectivity index (χ1n) is 10.5. The van der Waals surface area contributed by atoms with Gasteiger partial charge in [0.2, 0.25) is 5.91 Å². The van der Waals surface area contributed by atoms with Crippen LogP contribution in [0, 0.1) is 0 Å². The molecule has 1 heterocycles. The second-order valence-corrected chi connectivity index (χ2v) is 8.33. The average Bonchev–Trinajstić information content (AvgIpc) is 3.29. The highest BCUT2D eigenvalue weighted by Crippen LogP contribution is 2.27. The number of amides is 2. The summed E-state index contributed by atoms with van der Waals surface area (Å²) in [6, 6.07) is 26.9. The van der Waals surface area contributed by atoms with Crippen molar-refractivity contribution in [2.45, 2.75) is 5.75 Å². The van der Waals surface area contributed by atoms with E-state index in [1.54, 1.807) is 31.3 Å². The molecule has 4 rings (SSSR count). The first-order valence-corrected chi connectivity index (χ1v) is 11.7. The average molecular weight is 457 g/mol. The predicted molar refractivity (Wildman–Crippen MR) is 134 cm³/mol. The van der Waals surface area contributed by atoms with Crippen LogP contribution in [0.1, 0.15) is 15.9 Å². The molecule has 7 heteroatoms. The molecule has 2 N–H and O–H groups in total. The van der Waals surface area contributed by atoms with Gasteiger partial charge >= 0.3 is 0 Å². The van der Waals surface area contributed by atoms with Crippen LogP contribution in [0.25, 0.3) is 16.9 Å². The maximum Gasteiger partial charge on any atom is 0.251 e. The van der Waals surface area contributed by atoms with Crippen LogP contribution in [0.4, 0.5) is 5.69 Å². The summed E-state index contributed by atoms with van der Waals surface area (Å²) in [6.45, 7) is 0. The molecule has 0 atom stereocenters. The van der Waals surface area contributed by atoms with Gasteiger partial charge in [-0.2, -0.15) is 5.10 Å². The maximum atomic E-state index is 12.4. The van der Waals surface area contributed by atoms with Gasteiger partial charge in [0, 0.05) is 41.4 Å². The Balaban J connectivity index is 1.41. The van der Waals surface area contributed by atoms with E-state index in [1.807, 2.05) is 71.5 Å². The van der Waals surface area contributed by atoms with Gasteiger partial charge < -0.3 is 10.6 Å². The van der Waals surface area contributed by atoms with Crippen LogP contribution >= 0.6 is 11.8 Å².